The molecule has 25 heavy (non-hydrogen) atoms. The smallest absolute Gasteiger partial charge is 0.351 e. The molecule has 0 bridgehead atoms. The second kappa shape index (κ2) is 6.98. The largest absolute Gasteiger partial charge is 0.452 e. The first-order valence-electron chi connectivity index (χ1n) is 7.06. The van der Waals surface area contributed by atoms with Gasteiger partial charge in [-0.15, -0.1) is 11.3 Å². The number of carbonyl (C=O) groups is 2. The van der Waals surface area contributed by atoms with Crippen molar-refractivity contribution in [3.8, 4) is 6.07 Å². The maximum Gasteiger partial charge on any atom is 0.351 e. The van der Waals surface area contributed by atoms with E-state index in [9.17, 15) is 14.4 Å². The van der Waals surface area contributed by atoms with Crippen molar-refractivity contribution in [2.24, 2.45) is 0 Å². The number of esters is 1. The molecule has 0 unspecified atom stereocenters. The molecule has 0 radical (unpaired) electrons. The second-order valence-corrected chi connectivity index (χ2v) is 5.80. The van der Waals surface area contributed by atoms with Gasteiger partial charge in [-0.2, -0.15) is 5.26 Å². The maximum atomic E-state index is 12.0. The number of thiophene rings is 1. The molecular formula is C17H10N2O5S. The van der Waals surface area contributed by atoms with Gasteiger partial charge < -0.3 is 14.5 Å². The summed E-state index contributed by atoms with van der Waals surface area (Å²) in [6.45, 7) is -0.589. The molecule has 2 aromatic heterocycles. The first-order valence-corrected chi connectivity index (χ1v) is 7.94. The number of benzene rings is 1. The number of amides is 1. The highest BCUT2D eigenvalue weighted by molar-refractivity contribution is 7.14. The zero-order valence-electron chi connectivity index (χ0n) is 12.6. The van der Waals surface area contributed by atoms with Crippen molar-refractivity contribution in [3.05, 3.63) is 63.3 Å². The summed E-state index contributed by atoms with van der Waals surface area (Å²) < 4.78 is 9.90. The van der Waals surface area contributed by atoms with Crippen LogP contribution in [0.2, 0.25) is 0 Å². The summed E-state index contributed by atoms with van der Waals surface area (Å²) in [5, 5.41) is 13.9. The van der Waals surface area contributed by atoms with Crippen LogP contribution in [0.1, 0.15) is 15.9 Å². The molecule has 0 saturated heterocycles. The third-order valence-corrected chi connectivity index (χ3v) is 4.06. The standard InChI is InChI=1S/C17H10N2O5S/c18-8-11-5-6-25-15(11)19-14(20)9-23-16(21)12-7-10-3-1-2-4-13(10)24-17(12)22/h1-7H,9H2,(H,19,20). The molecule has 0 aliphatic rings. The Bertz CT molecular complexity index is 1060. The van der Waals surface area contributed by atoms with Gasteiger partial charge >= 0.3 is 11.6 Å². The molecule has 0 fully saturated rings. The van der Waals surface area contributed by atoms with Crippen LogP contribution in [0.5, 0.6) is 0 Å². The van der Waals surface area contributed by atoms with Gasteiger partial charge in [0.25, 0.3) is 5.91 Å². The van der Waals surface area contributed by atoms with E-state index in [0.717, 1.165) is 0 Å². The fourth-order valence-electron chi connectivity index (χ4n) is 2.07. The Labute approximate surface area is 145 Å². The summed E-state index contributed by atoms with van der Waals surface area (Å²) in [6.07, 6.45) is 0. The number of hydrogen-bond donors (Lipinski definition) is 1. The number of ether oxygens (including phenoxy) is 1. The highest BCUT2D eigenvalue weighted by atomic mass is 32.1. The number of carbonyl (C=O) groups excluding carboxylic acids is 2. The maximum absolute atomic E-state index is 12.0. The van der Waals surface area contributed by atoms with Gasteiger partial charge in [0.2, 0.25) is 0 Å². The Kier molecular flexibility index (Phi) is 4.59. The number of nitrogens with zero attached hydrogens (tertiary/aromatic N) is 1. The summed E-state index contributed by atoms with van der Waals surface area (Å²) in [4.78, 5) is 35.7. The summed E-state index contributed by atoms with van der Waals surface area (Å²) in [5.41, 5.74) is -0.460. The van der Waals surface area contributed by atoms with Gasteiger partial charge in [0, 0.05) is 5.39 Å². The van der Waals surface area contributed by atoms with Crippen LogP contribution in [0.15, 0.2) is 51.0 Å². The van der Waals surface area contributed by atoms with E-state index in [1.807, 2.05) is 6.07 Å². The highest BCUT2D eigenvalue weighted by Crippen LogP contribution is 2.21. The number of anilines is 1. The van der Waals surface area contributed by atoms with Crippen LogP contribution in [0.4, 0.5) is 5.00 Å². The minimum atomic E-state index is -0.957. The predicted molar refractivity (Wildman–Crippen MR) is 90.4 cm³/mol. The number of nitriles is 1. The van der Waals surface area contributed by atoms with Crippen molar-refractivity contribution in [1.29, 1.82) is 5.26 Å². The molecule has 0 saturated carbocycles. The topological polar surface area (TPSA) is 109 Å². The summed E-state index contributed by atoms with van der Waals surface area (Å²) in [5.74, 6) is -1.57. The van der Waals surface area contributed by atoms with Crippen molar-refractivity contribution in [3.63, 3.8) is 0 Å². The first kappa shape index (κ1) is 16.4. The number of hydrogen-bond acceptors (Lipinski definition) is 7. The molecule has 1 aromatic carbocycles. The lowest BCUT2D eigenvalue weighted by molar-refractivity contribution is -0.119. The van der Waals surface area contributed by atoms with Crippen molar-refractivity contribution in [2.45, 2.75) is 0 Å². The molecule has 124 valence electrons. The summed E-state index contributed by atoms with van der Waals surface area (Å²) in [7, 11) is 0. The Balaban J connectivity index is 1.68. The highest BCUT2D eigenvalue weighted by Gasteiger charge is 2.17. The summed E-state index contributed by atoms with van der Waals surface area (Å²) in [6, 6.07) is 11.6. The molecule has 0 spiro atoms. The third kappa shape index (κ3) is 3.57. The van der Waals surface area contributed by atoms with E-state index in [0.29, 0.717) is 21.5 Å². The zero-order chi connectivity index (χ0) is 17.8. The summed E-state index contributed by atoms with van der Waals surface area (Å²) >= 11 is 1.18. The van der Waals surface area contributed by atoms with Gasteiger partial charge in [0.15, 0.2) is 6.61 Å². The van der Waals surface area contributed by atoms with Gasteiger partial charge in [0.1, 0.15) is 22.2 Å². The lowest BCUT2D eigenvalue weighted by Crippen LogP contribution is -2.23. The normalized spacial score (nSPS) is 10.2. The molecule has 1 amide bonds. The molecule has 0 atom stereocenters. The van der Waals surface area contributed by atoms with Crippen molar-refractivity contribution in [1.82, 2.24) is 0 Å². The first-order chi connectivity index (χ1) is 12.1. The Hall–Kier alpha value is -3.44. The van der Waals surface area contributed by atoms with Crippen LogP contribution in [-0.2, 0) is 9.53 Å². The van der Waals surface area contributed by atoms with Crippen LogP contribution in [0.3, 0.4) is 0 Å². The predicted octanol–water partition coefficient (Wildman–Crippen LogP) is 2.52. The van der Waals surface area contributed by atoms with E-state index in [4.69, 9.17) is 14.4 Å². The van der Waals surface area contributed by atoms with E-state index in [1.54, 1.807) is 35.7 Å². The van der Waals surface area contributed by atoms with Crippen LogP contribution in [0.25, 0.3) is 11.0 Å². The third-order valence-electron chi connectivity index (χ3n) is 3.23. The number of rotatable bonds is 4. The molecule has 2 heterocycles. The minimum absolute atomic E-state index is 0.291. The Morgan fingerprint density at radius 1 is 1.28 bits per heavy atom. The number of fused-ring (bicyclic) bond motifs is 1. The van der Waals surface area contributed by atoms with E-state index in [1.165, 1.54) is 17.4 Å². The average molecular weight is 354 g/mol. The lowest BCUT2D eigenvalue weighted by Gasteiger charge is -2.05. The second-order valence-electron chi connectivity index (χ2n) is 4.88. The van der Waals surface area contributed by atoms with Crippen LogP contribution in [0, 0.1) is 11.3 Å². The Morgan fingerprint density at radius 3 is 2.88 bits per heavy atom. The molecule has 7 nitrogen and oxygen atoms in total. The SMILES string of the molecule is N#Cc1ccsc1NC(=O)COC(=O)c1cc2ccccc2oc1=O. The number of para-hydroxylation sites is 1. The minimum Gasteiger partial charge on any atom is -0.452 e. The molecule has 8 heteroatoms. The zero-order valence-corrected chi connectivity index (χ0v) is 13.5. The van der Waals surface area contributed by atoms with Crippen LogP contribution >= 0.6 is 11.3 Å². The van der Waals surface area contributed by atoms with Gasteiger partial charge in [0.05, 0.1) is 5.56 Å². The van der Waals surface area contributed by atoms with E-state index >= 15 is 0 Å². The van der Waals surface area contributed by atoms with Gasteiger partial charge in [-0.25, -0.2) is 9.59 Å². The Morgan fingerprint density at radius 2 is 2.08 bits per heavy atom. The molecule has 1 N–H and O–H groups in total. The molecule has 3 aromatic rings. The van der Waals surface area contributed by atoms with Crippen molar-refractivity contribution < 1.29 is 18.7 Å². The fourth-order valence-corrected chi connectivity index (χ4v) is 2.82. The van der Waals surface area contributed by atoms with Crippen molar-refractivity contribution in [2.75, 3.05) is 11.9 Å². The molecule has 0 aliphatic carbocycles. The van der Waals surface area contributed by atoms with Gasteiger partial charge in [-0.3, -0.25) is 4.79 Å². The monoisotopic (exact) mass is 354 g/mol. The van der Waals surface area contributed by atoms with Gasteiger partial charge in [-0.05, 0) is 23.6 Å². The van der Waals surface area contributed by atoms with Gasteiger partial charge in [-0.1, -0.05) is 18.2 Å². The van der Waals surface area contributed by atoms with Crippen LogP contribution in [-0.4, -0.2) is 18.5 Å². The molecule has 0 aliphatic heterocycles. The van der Waals surface area contributed by atoms with E-state index in [-0.39, 0.29) is 5.56 Å². The van der Waals surface area contributed by atoms with E-state index < -0.39 is 24.1 Å². The molecule has 3 rings (SSSR count). The number of nitrogens with one attached hydrogen (secondary N) is 1. The van der Waals surface area contributed by atoms with E-state index in [2.05, 4.69) is 5.32 Å². The van der Waals surface area contributed by atoms with Crippen LogP contribution < -0.4 is 10.9 Å². The quantitative estimate of drug-likeness (QED) is 0.569. The average Bonchev–Trinajstić information content (AvgIpc) is 3.06. The molecular weight excluding hydrogens is 344 g/mol. The lowest BCUT2D eigenvalue weighted by atomic mass is 10.2. The fraction of sp³-hybridized carbons (Fsp3) is 0.0588. The van der Waals surface area contributed by atoms with Crippen molar-refractivity contribution >= 4 is 39.2 Å².